The first-order valence-corrected chi connectivity index (χ1v) is 15.4. The normalized spacial score (nSPS) is 36.7. The molecular weight excluding hydrogens is 547 g/mol. The van der Waals surface area contributed by atoms with Gasteiger partial charge in [-0.3, -0.25) is 9.59 Å². The van der Waals surface area contributed by atoms with Gasteiger partial charge in [-0.05, 0) is 68.1 Å². The highest BCUT2D eigenvalue weighted by molar-refractivity contribution is 6.01. The van der Waals surface area contributed by atoms with Crippen LogP contribution in [0.15, 0.2) is 23.8 Å². The lowest BCUT2D eigenvalue weighted by Gasteiger charge is -2.60. The molecule has 1 N–H and O–H groups in total. The second kappa shape index (κ2) is 12.9. The summed E-state index contributed by atoms with van der Waals surface area (Å²) in [5.74, 6) is -1.94. The highest BCUT2D eigenvalue weighted by Crippen LogP contribution is 2.68. The molecule has 0 bridgehead atoms. The number of carbonyl (C=O) groups excluding carboxylic acids is 4. The zero-order chi connectivity index (χ0) is 30.7. The van der Waals surface area contributed by atoms with Crippen LogP contribution in [0.5, 0.6) is 0 Å². The van der Waals surface area contributed by atoms with Gasteiger partial charge in [0, 0.05) is 16.7 Å². The van der Waals surface area contributed by atoms with Gasteiger partial charge >= 0.3 is 12.3 Å². The van der Waals surface area contributed by atoms with Crippen molar-refractivity contribution in [1.29, 1.82) is 0 Å². The number of aliphatic hydroxyl groups excluding tert-OH is 1. The van der Waals surface area contributed by atoms with Gasteiger partial charge < -0.3 is 24.1 Å². The number of rotatable bonds is 11. The van der Waals surface area contributed by atoms with E-state index in [2.05, 4.69) is 0 Å². The van der Waals surface area contributed by atoms with Crippen molar-refractivity contribution in [3.8, 4) is 0 Å². The minimum atomic E-state index is -1.75. The third-order valence-corrected chi connectivity index (χ3v) is 10.3. The summed E-state index contributed by atoms with van der Waals surface area (Å²) >= 11 is 0. The fourth-order valence-corrected chi connectivity index (χ4v) is 8.27. The molecule has 0 spiro atoms. The molecule has 9 nitrogen and oxygen atoms in total. The summed E-state index contributed by atoms with van der Waals surface area (Å²) in [6.45, 7) is 7.23. The highest BCUT2D eigenvalue weighted by Gasteiger charge is 2.71. The van der Waals surface area contributed by atoms with Crippen LogP contribution in [0.4, 0.5) is 14.0 Å². The molecule has 0 radical (unpaired) electrons. The van der Waals surface area contributed by atoms with Crippen molar-refractivity contribution in [2.24, 2.45) is 28.6 Å². The van der Waals surface area contributed by atoms with Crippen LogP contribution in [0.2, 0.25) is 0 Å². The molecule has 8 atom stereocenters. The van der Waals surface area contributed by atoms with Gasteiger partial charge in [0.15, 0.2) is 18.0 Å². The standard InChI is InChI=1S/C32H45FO9/c1-5-7-9-15-40-29(38)42-32(26(36)19-41-28(37)39-14-8-6-2)13-11-22-21-17-24(33)23-16-20(34)10-12-30(23,3)27(21)25(35)18-31(22,32)4/h10,12,16,21-22,24-25,27,35H,5-9,11,13-15,17-19H2,1-4H3/t21-,22-,24-,25?,27+,30-,31-,32-/m0/s1. The Morgan fingerprint density at radius 2 is 1.71 bits per heavy atom. The molecule has 0 saturated heterocycles. The molecular formula is C32H45FO9. The van der Waals surface area contributed by atoms with Gasteiger partial charge in [-0.25, -0.2) is 14.0 Å². The topological polar surface area (TPSA) is 125 Å². The van der Waals surface area contributed by atoms with E-state index in [0.717, 1.165) is 19.3 Å². The fraction of sp³-hybridized carbons (Fsp3) is 0.750. The van der Waals surface area contributed by atoms with Gasteiger partial charge in [0.2, 0.25) is 5.78 Å². The van der Waals surface area contributed by atoms with Crippen LogP contribution in [-0.4, -0.2) is 66.7 Å². The van der Waals surface area contributed by atoms with E-state index in [1.165, 1.54) is 12.2 Å². The van der Waals surface area contributed by atoms with E-state index in [4.69, 9.17) is 18.9 Å². The van der Waals surface area contributed by atoms with E-state index in [0.29, 0.717) is 24.8 Å². The molecule has 0 aromatic rings. The smallest absolute Gasteiger partial charge is 0.434 e. The Bertz CT molecular complexity index is 1120. The number of allylic oxidation sites excluding steroid dienone is 4. The van der Waals surface area contributed by atoms with E-state index in [1.807, 2.05) is 20.8 Å². The quantitative estimate of drug-likeness (QED) is 0.233. The molecule has 234 valence electrons. The number of halogens is 1. The van der Waals surface area contributed by atoms with Gasteiger partial charge in [0.1, 0.15) is 6.17 Å². The molecule has 0 aliphatic heterocycles. The van der Waals surface area contributed by atoms with Crippen LogP contribution in [0.3, 0.4) is 0 Å². The summed E-state index contributed by atoms with van der Waals surface area (Å²) in [5.41, 5.74) is -3.33. The Hall–Kier alpha value is -2.75. The average molecular weight is 593 g/mol. The number of aliphatic hydroxyl groups is 1. The van der Waals surface area contributed by atoms with Crippen LogP contribution in [-0.2, 0) is 28.5 Å². The van der Waals surface area contributed by atoms with Gasteiger partial charge in [0.25, 0.3) is 0 Å². The number of fused-ring (bicyclic) bond motifs is 5. The molecule has 4 aliphatic carbocycles. The Morgan fingerprint density at radius 3 is 2.43 bits per heavy atom. The molecule has 4 aliphatic rings. The molecule has 3 saturated carbocycles. The molecule has 0 aromatic carbocycles. The van der Waals surface area contributed by atoms with Gasteiger partial charge in [-0.15, -0.1) is 0 Å². The molecule has 3 fully saturated rings. The number of unbranched alkanes of at least 4 members (excludes halogenated alkanes) is 3. The maximum Gasteiger partial charge on any atom is 0.509 e. The van der Waals surface area contributed by atoms with Crippen molar-refractivity contribution in [3.63, 3.8) is 0 Å². The lowest BCUT2D eigenvalue weighted by Crippen LogP contribution is -2.64. The third-order valence-electron chi connectivity index (χ3n) is 10.3. The van der Waals surface area contributed by atoms with E-state index in [1.54, 1.807) is 13.0 Å². The van der Waals surface area contributed by atoms with Gasteiger partial charge in [-0.1, -0.05) is 53.0 Å². The van der Waals surface area contributed by atoms with Crippen molar-refractivity contribution >= 4 is 23.9 Å². The minimum absolute atomic E-state index is 0.0799. The summed E-state index contributed by atoms with van der Waals surface area (Å²) in [5, 5.41) is 11.7. The number of carbonyl (C=O) groups is 4. The van der Waals surface area contributed by atoms with E-state index in [9.17, 15) is 24.3 Å². The SMILES string of the molecule is CCCCCOC(=O)O[C@]1(C(=O)COC(=O)OCCCC)CC[C@H]2[C@@H]3C[C@H](F)C4=CC(=O)C=C[C@]4(C)[C@H]3C(O)C[C@@]21C. The number of alkyl halides is 1. The summed E-state index contributed by atoms with van der Waals surface area (Å²) in [6, 6.07) is 0. The van der Waals surface area contributed by atoms with Crippen LogP contribution in [0.25, 0.3) is 0 Å². The fourth-order valence-electron chi connectivity index (χ4n) is 8.27. The van der Waals surface area contributed by atoms with Crippen LogP contribution in [0, 0.1) is 28.6 Å². The second-order valence-electron chi connectivity index (χ2n) is 12.7. The van der Waals surface area contributed by atoms with Crippen LogP contribution >= 0.6 is 0 Å². The number of hydrogen-bond donors (Lipinski definition) is 1. The van der Waals surface area contributed by atoms with Gasteiger partial charge in [0.05, 0.1) is 19.3 Å². The van der Waals surface area contributed by atoms with Crippen molar-refractivity contribution in [2.75, 3.05) is 19.8 Å². The Balaban J connectivity index is 1.63. The number of ether oxygens (including phenoxy) is 4. The second-order valence-corrected chi connectivity index (χ2v) is 12.7. The average Bonchev–Trinajstić information content (AvgIpc) is 3.22. The first-order chi connectivity index (χ1) is 19.9. The summed E-state index contributed by atoms with van der Waals surface area (Å²) in [4.78, 5) is 51.2. The summed E-state index contributed by atoms with van der Waals surface area (Å²) < 4.78 is 37.2. The zero-order valence-electron chi connectivity index (χ0n) is 25.2. The molecule has 0 aromatic heterocycles. The maximum absolute atomic E-state index is 15.7. The van der Waals surface area contributed by atoms with E-state index in [-0.39, 0.29) is 50.1 Å². The lowest BCUT2D eigenvalue weighted by atomic mass is 9.46. The monoisotopic (exact) mass is 592 g/mol. The molecule has 0 amide bonds. The first-order valence-electron chi connectivity index (χ1n) is 15.4. The van der Waals surface area contributed by atoms with E-state index >= 15 is 4.39 Å². The summed E-state index contributed by atoms with van der Waals surface area (Å²) in [6.07, 6.45) is 4.74. The minimum Gasteiger partial charge on any atom is -0.434 e. The third kappa shape index (κ3) is 5.75. The van der Waals surface area contributed by atoms with Crippen molar-refractivity contribution < 1.29 is 47.6 Å². The zero-order valence-corrected chi connectivity index (χ0v) is 25.2. The lowest BCUT2D eigenvalue weighted by molar-refractivity contribution is -0.186. The van der Waals surface area contributed by atoms with Crippen molar-refractivity contribution in [1.82, 2.24) is 0 Å². The highest BCUT2D eigenvalue weighted by atomic mass is 19.1. The Kier molecular flexibility index (Phi) is 9.85. The Labute approximate surface area is 247 Å². The first kappa shape index (κ1) is 32.2. The summed E-state index contributed by atoms with van der Waals surface area (Å²) in [7, 11) is 0. The number of hydrogen-bond acceptors (Lipinski definition) is 9. The number of Topliss-reactive ketones (excluding diaryl/α,β-unsaturated/α-hetero) is 1. The van der Waals surface area contributed by atoms with Crippen molar-refractivity contribution in [2.45, 2.75) is 103 Å². The van der Waals surface area contributed by atoms with Gasteiger partial charge in [-0.2, -0.15) is 0 Å². The van der Waals surface area contributed by atoms with Crippen LogP contribution in [0.1, 0.15) is 85.5 Å². The predicted molar refractivity (Wildman–Crippen MR) is 150 cm³/mol. The Morgan fingerprint density at radius 1 is 1.02 bits per heavy atom. The van der Waals surface area contributed by atoms with E-state index < -0.39 is 59.3 Å². The molecule has 1 unspecified atom stereocenters. The van der Waals surface area contributed by atoms with Crippen molar-refractivity contribution in [3.05, 3.63) is 23.8 Å². The maximum atomic E-state index is 15.7. The molecule has 4 rings (SSSR count). The molecule has 42 heavy (non-hydrogen) atoms. The largest absolute Gasteiger partial charge is 0.509 e. The molecule has 10 heteroatoms. The number of ketones is 2. The molecule has 0 heterocycles. The predicted octanol–water partition coefficient (Wildman–Crippen LogP) is 5.82. The van der Waals surface area contributed by atoms with Crippen LogP contribution < -0.4 is 0 Å².